The van der Waals surface area contributed by atoms with Crippen molar-refractivity contribution in [3.8, 4) is 0 Å². The molecule has 3 rings (SSSR count). The normalized spacial score (nSPS) is 20.2. The van der Waals surface area contributed by atoms with Gasteiger partial charge in [0.05, 0.1) is 6.20 Å². The van der Waals surface area contributed by atoms with E-state index in [1.54, 1.807) is 11.5 Å². The van der Waals surface area contributed by atoms with E-state index in [0.29, 0.717) is 5.92 Å². The van der Waals surface area contributed by atoms with Crippen molar-refractivity contribution in [3.63, 3.8) is 0 Å². The molecule has 1 N–H and O–H groups in total. The average Bonchev–Trinajstić information content (AvgIpc) is 2.84. The van der Waals surface area contributed by atoms with Crippen LogP contribution in [-0.2, 0) is 13.6 Å². The summed E-state index contributed by atoms with van der Waals surface area (Å²) in [4.78, 5) is 1.36. The molecule has 1 unspecified atom stereocenters. The van der Waals surface area contributed by atoms with Crippen molar-refractivity contribution in [1.82, 2.24) is 19.5 Å². The van der Waals surface area contributed by atoms with Crippen LogP contribution in [0.15, 0.2) is 18.6 Å². The first-order valence-electron chi connectivity index (χ1n) is 4.97. The SMILES string of the molecule is Cn1cc(C2CNCc3sncc32)cn1. The molecule has 0 aliphatic carbocycles. The second kappa shape index (κ2) is 3.43. The van der Waals surface area contributed by atoms with Crippen LogP contribution in [0.25, 0.3) is 0 Å². The molecule has 78 valence electrons. The van der Waals surface area contributed by atoms with E-state index in [0.717, 1.165) is 13.1 Å². The Morgan fingerprint density at radius 1 is 1.53 bits per heavy atom. The Morgan fingerprint density at radius 3 is 3.27 bits per heavy atom. The maximum atomic E-state index is 4.26. The summed E-state index contributed by atoms with van der Waals surface area (Å²) in [6, 6.07) is 0. The summed E-state index contributed by atoms with van der Waals surface area (Å²) in [5.74, 6) is 0.418. The molecular weight excluding hydrogens is 208 g/mol. The van der Waals surface area contributed by atoms with Gasteiger partial charge in [0.1, 0.15) is 0 Å². The van der Waals surface area contributed by atoms with Crippen LogP contribution in [-0.4, -0.2) is 20.7 Å². The quantitative estimate of drug-likeness (QED) is 0.783. The molecule has 1 aliphatic rings. The van der Waals surface area contributed by atoms with Gasteiger partial charge in [-0.3, -0.25) is 4.68 Å². The number of nitrogens with zero attached hydrogens (tertiary/aromatic N) is 3. The van der Waals surface area contributed by atoms with Gasteiger partial charge >= 0.3 is 0 Å². The van der Waals surface area contributed by atoms with Crippen molar-refractivity contribution >= 4 is 11.5 Å². The predicted octanol–water partition coefficient (Wildman–Crippen LogP) is 1.11. The fraction of sp³-hybridized carbons (Fsp3) is 0.400. The second-order valence-corrected chi connectivity index (χ2v) is 4.72. The second-order valence-electron chi connectivity index (χ2n) is 3.84. The van der Waals surface area contributed by atoms with Gasteiger partial charge in [-0.1, -0.05) is 0 Å². The number of aromatic nitrogens is 3. The summed E-state index contributed by atoms with van der Waals surface area (Å²) in [7, 11) is 1.95. The standard InChI is InChI=1S/C10H12N4S/c1-14-6-7(2-12-14)8-3-11-5-10-9(8)4-13-15-10/h2,4,6,8,11H,3,5H2,1H3. The van der Waals surface area contributed by atoms with Gasteiger partial charge < -0.3 is 5.32 Å². The van der Waals surface area contributed by atoms with E-state index in [1.807, 2.05) is 24.1 Å². The van der Waals surface area contributed by atoms with Gasteiger partial charge in [-0.2, -0.15) is 5.10 Å². The molecule has 0 saturated carbocycles. The van der Waals surface area contributed by atoms with E-state index in [9.17, 15) is 0 Å². The highest BCUT2D eigenvalue weighted by Gasteiger charge is 2.24. The lowest BCUT2D eigenvalue weighted by atomic mass is 9.92. The van der Waals surface area contributed by atoms with Crippen molar-refractivity contribution in [2.24, 2.45) is 7.05 Å². The fourth-order valence-electron chi connectivity index (χ4n) is 2.05. The molecule has 0 spiro atoms. The summed E-state index contributed by atoms with van der Waals surface area (Å²) < 4.78 is 6.11. The predicted molar refractivity (Wildman–Crippen MR) is 58.9 cm³/mol. The molecule has 15 heavy (non-hydrogen) atoms. The number of rotatable bonds is 1. The molecule has 0 bridgehead atoms. The van der Waals surface area contributed by atoms with Crippen LogP contribution in [0.5, 0.6) is 0 Å². The van der Waals surface area contributed by atoms with Gasteiger partial charge in [0.15, 0.2) is 0 Å². The van der Waals surface area contributed by atoms with E-state index >= 15 is 0 Å². The third kappa shape index (κ3) is 1.48. The van der Waals surface area contributed by atoms with Gasteiger partial charge in [-0.05, 0) is 22.7 Å². The van der Waals surface area contributed by atoms with Gasteiger partial charge in [0, 0.05) is 43.3 Å². The molecule has 1 aliphatic heterocycles. The van der Waals surface area contributed by atoms with E-state index in [1.165, 1.54) is 16.0 Å². The first kappa shape index (κ1) is 9.06. The molecule has 1 atom stereocenters. The molecule has 4 nitrogen and oxygen atoms in total. The highest BCUT2D eigenvalue weighted by atomic mass is 32.1. The summed E-state index contributed by atoms with van der Waals surface area (Å²) in [5, 5.41) is 7.64. The minimum atomic E-state index is 0.418. The summed E-state index contributed by atoms with van der Waals surface area (Å²) in [6.07, 6.45) is 6.02. The monoisotopic (exact) mass is 220 g/mol. The number of nitrogens with one attached hydrogen (secondary N) is 1. The lowest BCUT2D eigenvalue weighted by Gasteiger charge is -2.21. The molecule has 0 saturated heterocycles. The average molecular weight is 220 g/mol. The number of aryl methyl sites for hydroxylation is 1. The summed E-state index contributed by atoms with van der Waals surface area (Å²) in [6.45, 7) is 1.94. The van der Waals surface area contributed by atoms with Crippen LogP contribution in [0.2, 0.25) is 0 Å². The van der Waals surface area contributed by atoms with E-state index in [4.69, 9.17) is 0 Å². The Kier molecular flexibility index (Phi) is 2.07. The highest BCUT2D eigenvalue weighted by molar-refractivity contribution is 7.05. The minimum absolute atomic E-state index is 0.418. The van der Waals surface area contributed by atoms with Crippen molar-refractivity contribution in [1.29, 1.82) is 0 Å². The van der Waals surface area contributed by atoms with Gasteiger partial charge in [0.25, 0.3) is 0 Å². The van der Waals surface area contributed by atoms with E-state index in [-0.39, 0.29) is 0 Å². The minimum Gasteiger partial charge on any atom is -0.311 e. The Bertz CT molecular complexity index is 473. The van der Waals surface area contributed by atoms with Crippen molar-refractivity contribution in [3.05, 3.63) is 34.6 Å². The Morgan fingerprint density at radius 2 is 2.47 bits per heavy atom. The van der Waals surface area contributed by atoms with Gasteiger partial charge in [-0.25, -0.2) is 4.37 Å². The van der Waals surface area contributed by atoms with Crippen LogP contribution >= 0.6 is 11.5 Å². The Balaban J connectivity index is 2.02. The molecule has 0 aromatic carbocycles. The number of hydrogen-bond donors (Lipinski definition) is 1. The lowest BCUT2D eigenvalue weighted by Crippen LogP contribution is -2.27. The smallest absolute Gasteiger partial charge is 0.0528 e. The molecular formula is C10H12N4S. The van der Waals surface area contributed by atoms with E-state index in [2.05, 4.69) is 21.0 Å². The van der Waals surface area contributed by atoms with Crippen LogP contribution < -0.4 is 5.32 Å². The summed E-state index contributed by atoms with van der Waals surface area (Å²) >= 11 is 1.59. The molecule has 2 aromatic heterocycles. The zero-order valence-corrected chi connectivity index (χ0v) is 9.29. The molecule has 0 fully saturated rings. The highest BCUT2D eigenvalue weighted by Crippen LogP contribution is 2.31. The number of fused-ring (bicyclic) bond motifs is 1. The molecule has 2 aromatic rings. The Hall–Kier alpha value is -1.20. The van der Waals surface area contributed by atoms with Crippen LogP contribution in [0.1, 0.15) is 21.9 Å². The first-order valence-corrected chi connectivity index (χ1v) is 5.74. The van der Waals surface area contributed by atoms with Crippen LogP contribution in [0.3, 0.4) is 0 Å². The van der Waals surface area contributed by atoms with Crippen molar-refractivity contribution in [2.45, 2.75) is 12.5 Å². The van der Waals surface area contributed by atoms with Gasteiger partial charge in [0.2, 0.25) is 0 Å². The zero-order valence-electron chi connectivity index (χ0n) is 8.47. The molecule has 0 radical (unpaired) electrons. The largest absolute Gasteiger partial charge is 0.311 e. The fourth-order valence-corrected chi connectivity index (χ4v) is 2.81. The van der Waals surface area contributed by atoms with Crippen molar-refractivity contribution < 1.29 is 0 Å². The maximum absolute atomic E-state index is 4.26. The van der Waals surface area contributed by atoms with Gasteiger partial charge in [-0.15, -0.1) is 0 Å². The third-order valence-corrected chi connectivity index (χ3v) is 3.62. The maximum Gasteiger partial charge on any atom is 0.0528 e. The molecule has 5 heteroatoms. The molecule has 0 amide bonds. The first-order chi connectivity index (χ1) is 7.34. The topological polar surface area (TPSA) is 42.7 Å². The van der Waals surface area contributed by atoms with Crippen LogP contribution in [0.4, 0.5) is 0 Å². The zero-order chi connectivity index (χ0) is 10.3. The lowest BCUT2D eigenvalue weighted by molar-refractivity contribution is 0.599. The van der Waals surface area contributed by atoms with Crippen molar-refractivity contribution in [2.75, 3.05) is 6.54 Å². The van der Waals surface area contributed by atoms with Crippen LogP contribution in [0, 0.1) is 0 Å². The molecule has 3 heterocycles. The van der Waals surface area contributed by atoms with E-state index < -0.39 is 0 Å². The number of hydrogen-bond acceptors (Lipinski definition) is 4. The Labute approximate surface area is 92.1 Å². The third-order valence-electron chi connectivity index (χ3n) is 2.81. The summed E-state index contributed by atoms with van der Waals surface area (Å²) in [5.41, 5.74) is 2.64.